The Morgan fingerprint density at radius 1 is 0.682 bits per heavy atom. The Kier molecular flexibility index (Phi) is 5.37. The van der Waals surface area contributed by atoms with E-state index < -0.39 is 0 Å². The number of benzene rings is 2. The van der Waals surface area contributed by atoms with E-state index in [0.29, 0.717) is 5.82 Å². The van der Waals surface area contributed by atoms with Crippen molar-refractivity contribution in [1.29, 1.82) is 0 Å². The molecule has 0 amide bonds. The van der Waals surface area contributed by atoms with Gasteiger partial charge in [-0.3, -0.25) is 0 Å². The van der Waals surface area contributed by atoms with E-state index in [9.17, 15) is 4.39 Å². The van der Waals surface area contributed by atoms with Crippen molar-refractivity contribution in [3.8, 4) is 22.5 Å². The van der Waals surface area contributed by atoms with E-state index in [4.69, 9.17) is 0 Å². The second-order valence-corrected chi connectivity index (χ2v) is 4.67. The molecule has 0 aliphatic heterocycles. The van der Waals surface area contributed by atoms with E-state index in [1.54, 1.807) is 24.5 Å². The van der Waals surface area contributed by atoms with E-state index in [-0.39, 0.29) is 5.82 Å². The van der Waals surface area contributed by atoms with Crippen LogP contribution in [0.4, 0.5) is 4.39 Å². The molecule has 0 radical (unpaired) electrons. The number of hydrogen-bond acceptors (Lipinski definition) is 2. The molecule has 0 saturated carbocycles. The van der Waals surface area contributed by atoms with E-state index in [1.807, 2.05) is 45.0 Å². The van der Waals surface area contributed by atoms with Crippen LogP contribution in [-0.4, -0.2) is 9.97 Å². The van der Waals surface area contributed by atoms with Crippen molar-refractivity contribution < 1.29 is 4.39 Å². The van der Waals surface area contributed by atoms with Gasteiger partial charge in [0.25, 0.3) is 0 Å². The second-order valence-electron chi connectivity index (χ2n) is 4.67. The molecular weight excluding hydrogens is 275 g/mol. The summed E-state index contributed by atoms with van der Waals surface area (Å²) in [5.41, 5.74) is 4.04. The van der Waals surface area contributed by atoms with Gasteiger partial charge in [-0.15, -0.1) is 0 Å². The maximum Gasteiger partial charge on any atom is 0.159 e. The van der Waals surface area contributed by atoms with Crippen LogP contribution in [0.5, 0.6) is 0 Å². The average molecular weight is 294 g/mol. The fraction of sp³-hybridized carbons (Fsp3) is 0.158. The maximum absolute atomic E-state index is 12.9. The Hall–Kier alpha value is -2.55. The minimum atomic E-state index is -0.224. The van der Waals surface area contributed by atoms with Gasteiger partial charge in [-0.05, 0) is 35.7 Å². The highest BCUT2D eigenvalue weighted by molar-refractivity contribution is 5.67. The average Bonchev–Trinajstić information content (AvgIpc) is 2.58. The standard InChI is InChI=1S/C17H13FN2.C2H6/c1-12-10-19-17(20-11-12)15-4-2-13(3-5-15)14-6-8-16(18)9-7-14;1-2/h2-11H,1H3;1-2H3. The molecule has 0 aliphatic carbocycles. The van der Waals surface area contributed by atoms with Crippen molar-refractivity contribution >= 4 is 0 Å². The van der Waals surface area contributed by atoms with E-state index >= 15 is 0 Å². The molecule has 3 aromatic rings. The Balaban J connectivity index is 0.000000847. The smallest absolute Gasteiger partial charge is 0.159 e. The summed E-state index contributed by atoms with van der Waals surface area (Å²) in [6.07, 6.45) is 3.60. The van der Waals surface area contributed by atoms with Gasteiger partial charge in [-0.2, -0.15) is 0 Å². The molecule has 0 bridgehead atoms. The van der Waals surface area contributed by atoms with Crippen LogP contribution in [0, 0.1) is 12.7 Å². The zero-order valence-electron chi connectivity index (χ0n) is 13.0. The number of hydrogen-bond donors (Lipinski definition) is 0. The van der Waals surface area contributed by atoms with Crippen LogP contribution < -0.4 is 0 Å². The van der Waals surface area contributed by atoms with Crippen molar-refractivity contribution in [3.05, 3.63) is 72.3 Å². The lowest BCUT2D eigenvalue weighted by Gasteiger charge is -2.04. The van der Waals surface area contributed by atoms with Gasteiger partial charge in [0.2, 0.25) is 0 Å². The monoisotopic (exact) mass is 294 g/mol. The summed E-state index contributed by atoms with van der Waals surface area (Å²) < 4.78 is 12.9. The fourth-order valence-electron chi connectivity index (χ4n) is 2.00. The molecule has 2 aromatic carbocycles. The molecule has 3 rings (SSSR count). The molecule has 22 heavy (non-hydrogen) atoms. The van der Waals surface area contributed by atoms with Crippen LogP contribution in [0.1, 0.15) is 19.4 Å². The first-order valence-electron chi connectivity index (χ1n) is 7.37. The molecule has 0 fully saturated rings. The lowest BCUT2D eigenvalue weighted by molar-refractivity contribution is 0.628. The summed E-state index contributed by atoms with van der Waals surface area (Å²) in [5, 5.41) is 0. The summed E-state index contributed by atoms with van der Waals surface area (Å²) in [5.74, 6) is 0.486. The first kappa shape index (κ1) is 15.8. The topological polar surface area (TPSA) is 25.8 Å². The largest absolute Gasteiger partial charge is 0.236 e. The van der Waals surface area contributed by atoms with E-state index in [1.165, 1.54) is 12.1 Å². The molecule has 2 nitrogen and oxygen atoms in total. The molecule has 0 unspecified atom stereocenters. The van der Waals surface area contributed by atoms with Gasteiger partial charge in [0.05, 0.1) is 0 Å². The summed E-state index contributed by atoms with van der Waals surface area (Å²) in [7, 11) is 0. The van der Waals surface area contributed by atoms with Gasteiger partial charge in [0.1, 0.15) is 5.82 Å². The number of halogens is 1. The van der Waals surface area contributed by atoms with Gasteiger partial charge >= 0.3 is 0 Å². The first-order chi connectivity index (χ1) is 10.7. The molecule has 0 atom stereocenters. The molecule has 1 aromatic heterocycles. The molecule has 0 N–H and O–H groups in total. The summed E-state index contributed by atoms with van der Waals surface area (Å²) in [6, 6.07) is 14.4. The van der Waals surface area contributed by atoms with Crippen LogP contribution in [0.3, 0.4) is 0 Å². The van der Waals surface area contributed by atoms with Crippen LogP contribution in [-0.2, 0) is 0 Å². The van der Waals surface area contributed by atoms with E-state index in [2.05, 4.69) is 9.97 Å². The lowest BCUT2D eigenvalue weighted by Crippen LogP contribution is -1.89. The highest BCUT2D eigenvalue weighted by Gasteiger charge is 2.02. The third-order valence-electron chi connectivity index (χ3n) is 3.10. The normalized spacial score (nSPS) is 9.82. The van der Waals surface area contributed by atoms with Crippen molar-refractivity contribution in [2.75, 3.05) is 0 Å². The zero-order valence-corrected chi connectivity index (χ0v) is 13.0. The van der Waals surface area contributed by atoms with Crippen LogP contribution in [0.25, 0.3) is 22.5 Å². The third-order valence-corrected chi connectivity index (χ3v) is 3.10. The van der Waals surface area contributed by atoms with Gasteiger partial charge in [-0.25, -0.2) is 14.4 Å². The lowest BCUT2D eigenvalue weighted by atomic mass is 10.0. The van der Waals surface area contributed by atoms with Gasteiger partial charge in [-0.1, -0.05) is 50.2 Å². The molecule has 1 heterocycles. The van der Waals surface area contributed by atoms with Crippen LogP contribution in [0.2, 0.25) is 0 Å². The Morgan fingerprint density at radius 2 is 1.09 bits per heavy atom. The summed E-state index contributed by atoms with van der Waals surface area (Å²) in [4.78, 5) is 8.60. The van der Waals surface area contributed by atoms with Crippen molar-refractivity contribution in [1.82, 2.24) is 9.97 Å². The zero-order chi connectivity index (χ0) is 15.9. The predicted octanol–water partition coefficient (Wildman–Crippen LogP) is 5.28. The minimum absolute atomic E-state index is 0.224. The number of rotatable bonds is 2. The van der Waals surface area contributed by atoms with Crippen molar-refractivity contribution in [2.24, 2.45) is 0 Å². The van der Waals surface area contributed by atoms with Gasteiger partial charge < -0.3 is 0 Å². The van der Waals surface area contributed by atoms with E-state index in [0.717, 1.165) is 22.3 Å². The number of aromatic nitrogens is 2. The number of aryl methyl sites for hydroxylation is 1. The van der Waals surface area contributed by atoms with Crippen molar-refractivity contribution in [2.45, 2.75) is 20.8 Å². The van der Waals surface area contributed by atoms with Crippen LogP contribution >= 0.6 is 0 Å². The highest BCUT2D eigenvalue weighted by Crippen LogP contribution is 2.23. The van der Waals surface area contributed by atoms with Gasteiger partial charge in [0, 0.05) is 18.0 Å². The quantitative estimate of drug-likeness (QED) is 0.642. The third kappa shape index (κ3) is 3.76. The SMILES string of the molecule is CC.Cc1cnc(-c2ccc(-c3ccc(F)cc3)cc2)nc1. The number of nitrogens with zero attached hydrogens (tertiary/aromatic N) is 2. The molecule has 0 spiro atoms. The Morgan fingerprint density at radius 3 is 1.59 bits per heavy atom. The Labute approximate surface area is 130 Å². The highest BCUT2D eigenvalue weighted by atomic mass is 19.1. The van der Waals surface area contributed by atoms with Crippen molar-refractivity contribution in [3.63, 3.8) is 0 Å². The minimum Gasteiger partial charge on any atom is -0.236 e. The maximum atomic E-state index is 12.9. The molecular formula is C19H19FN2. The molecule has 0 saturated heterocycles. The first-order valence-corrected chi connectivity index (χ1v) is 7.37. The second kappa shape index (κ2) is 7.46. The predicted molar refractivity (Wildman–Crippen MR) is 88.9 cm³/mol. The summed E-state index contributed by atoms with van der Waals surface area (Å²) in [6.45, 7) is 5.96. The van der Waals surface area contributed by atoms with Gasteiger partial charge in [0.15, 0.2) is 5.82 Å². The fourth-order valence-corrected chi connectivity index (χ4v) is 2.00. The Bertz CT molecular complexity index is 637. The molecule has 3 heteroatoms. The molecule has 0 aliphatic rings. The molecule has 112 valence electrons. The van der Waals surface area contributed by atoms with Crippen LogP contribution in [0.15, 0.2) is 60.9 Å². The summed E-state index contributed by atoms with van der Waals surface area (Å²) >= 11 is 0.